The normalized spacial score (nSPS) is 24.2. The first-order valence-corrected chi connectivity index (χ1v) is 7.61. The molecule has 0 bridgehead atoms. The first kappa shape index (κ1) is 15.2. The summed E-state index contributed by atoms with van der Waals surface area (Å²) in [5.74, 6) is 3.60. The van der Waals surface area contributed by atoms with Gasteiger partial charge in [0, 0.05) is 12.0 Å². The van der Waals surface area contributed by atoms with Crippen LogP contribution in [0, 0.1) is 11.8 Å². The van der Waals surface area contributed by atoms with E-state index >= 15 is 0 Å². The smallest absolute Gasteiger partial charge is 0.126 e. The third-order valence-electron chi connectivity index (χ3n) is 4.64. The van der Waals surface area contributed by atoms with Gasteiger partial charge < -0.3 is 15.2 Å². The molecule has 0 amide bonds. The topological polar surface area (TPSA) is 44.5 Å². The zero-order valence-corrected chi connectivity index (χ0v) is 12.9. The van der Waals surface area contributed by atoms with Gasteiger partial charge in [-0.25, -0.2) is 0 Å². The van der Waals surface area contributed by atoms with E-state index in [4.69, 9.17) is 15.2 Å². The van der Waals surface area contributed by atoms with Gasteiger partial charge in [0.05, 0.1) is 14.2 Å². The fourth-order valence-corrected chi connectivity index (χ4v) is 3.54. The molecule has 3 heteroatoms. The molecule has 1 aliphatic rings. The first-order chi connectivity index (χ1) is 9.69. The standard InChI is InChI=1S/C17H27NO2/c1-12-5-4-6-13(9-12)16(11-18)15-8-7-14(19-2)10-17(15)20-3/h7-8,10,12-13,16H,4-6,9,11,18H2,1-3H3. The monoisotopic (exact) mass is 277 g/mol. The summed E-state index contributed by atoms with van der Waals surface area (Å²) in [6.45, 7) is 3.03. The van der Waals surface area contributed by atoms with E-state index in [1.807, 2.05) is 12.1 Å². The largest absolute Gasteiger partial charge is 0.497 e. The summed E-state index contributed by atoms with van der Waals surface area (Å²) in [7, 11) is 3.40. The van der Waals surface area contributed by atoms with Crippen molar-refractivity contribution in [2.24, 2.45) is 17.6 Å². The first-order valence-electron chi connectivity index (χ1n) is 7.61. The number of nitrogens with two attached hydrogens (primary N) is 1. The molecule has 3 nitrogen and oxygen atoms in total. The summed E-state index contributed by atoms with van der Waals surface area (Å²) in [5, 5.41) is 0. The van der Waals surface area contributed by atoms with E-state index in [1.54, 1.807) is 14.2 Å². The van der Waals surface area contributed by atoms with Gasteiger partial charge in [-0.15, -0.1) is 0 Å². The van der Waals surface area contributed by atoms with E-state index in [1.165, 1.54) is 31.2 Å². The third kappa shape index (κ3) is 3.26. The van der Waals surface area contributed by atoms with E-state index in [0.717, 1.165) is 17.4 Å². The van der Waals surface area contributed by atoms with E-state index < -0.39 is 0 Å². The Morgan fingerprint density at radius 2 is 2.05 bits per heavy atom. The fraction of sp³-hybridized carbons (Fsp3) is 0.647. The second-order valence-corrected chi connectivity index (χ2v) is 5.98. The molecule has 3 unspecified atom stereocenters. The predicted octanol–water partition coefficient (Wildman–Crippen LogP) is 3.57. The lowest BCUT2D eigenvalue weighted by molar-refractivity contribution is 0.244. The van der Waals surface area contributed by atoms with E-state index in [0.29, 0.717) is 18.4 Å². The van der Waals surface area contributed by atoms with Crippen molar-refractivity contribution in [3.05, 3.63) is 23.8 Å². The highest BCUT2D eigenvalue weighted by atomic mass is 16.5. The minimum atomic E-state index is 0.388. The Morgan fingerprint density at radius 3 is 2.65 bits per heavy atom. The number of benzene rings is 1. The van der Waals surface area contributed by atoms with Crippen LogP contribution in [0.4, 0.5) is 0 Å². The summed E-state index contributed by atoms with van der Waals surface area (Å²) in [6.07, 6.45) is 5.23. The van der Waals surface area contributed by atoms with Crippen LogP contribution in [0.25, 0.3) is 0 Å². The van der Waals surface area contributed by atoms with E-state index in [-0.39, 0.29) is 0 Å². The molecule has 0 heterocycles. The molecule has 0 saturated heterocycles. The summed E-state index contributed by atoms with van der Waals surface area (Å²) >= 11 is 0. The molecule has 0 aliphatic heterocycles. The van der Waals surface area contributed by atoms with Crippen LogP contribution in [-0.2, 0) is 0 Å². The van der Waals surface area contributed by atoms with Gasteiger partial charge in [-0.3, -0.25) is 0 Å². The van der Waals surface area contributed by atoms with Gasteiger partial charge in [0.1, 0.15) is 11.5 Å². The fourth-order valence-electron chi connectivity index (χ4n) is 3.54. The van der Waals surface area contributed by atoms with Gasteiger partial charge in [0.15, 0.2) is 0 Å². The van der Waals surface area contributed by atoms with Crippen LogP contribution in [0.2, 0.25) is 0 Å². The Balaban J connectivity index is 2.26. The van der Waals surface area contributed by atoms with E-state index in [2.05, 4.69) is 13.0 Å². The van der Waals surface area contributed by atoms with Crippen molar-refractivity contribution < 1.29 is 9.47 Å². The third-order valence-corrected chi connectivity index (χ3v) is 4.64. The molecule has 2 rings (SSSR count). The van der Waals surface area contributed by atoms with Crippen LogP contribution in [0.5, 0.6) is 11.5 Å². The van der Waals surface area contributed by atoms with Crippen molar-refractivity contribution in [2.45, 2.75) is 38.5 Å². The molecule has 0 spiro atoms. The average molecular weight is 277 g/mol. The van der Waals surface area contributed by atoms with Gasteiger partial charge in [0.25, 0.3) is 0 Å². The average Bonchev–Trinajstić information content (AvgIpc) is 2.48. The summed E-state index contributed by atoms with van der Waals surface area (Å²) in [5.41, 5.74) is 7.32. The van der Waals surface area contributed by atoms with Gasteiger partial charge in [0.2, 0.25) is 0 Å². The Labute approximate surface area is 122 Å². The highest BCUT2D eigenvalue weighted by Crippen LogP contribution is 2.41. The number of rotatable bonds is 5. The molecule has 1 aliphatic carbocycles. The lowest BCUT2D eigenvalue weighted by Crippen LogP contribution is -2.26. The van der Waals surface area contributed by atoms with Gasteiger partial charge >= 0.3 is 0 Å². The molecule has 0 radical (unpaired) electrons. The molecular formula is C17H27NO2. The summed E-state index contributed by atoms with van der Waals surface area (Å²) in [4.78, 5) is 0. The molecule has 0 aromatic heterocycles. The van der Waals surface area contributed by atoms with E-state index in [9.17, 15) is 0 Å². The Morgan fingerprint density at radius 1 is 1.25 bits per heavy atom. The molecule has 20 heavy (non-hydrogen) atoms. The van der Waals surface area contributed by atoms with Crippen LogP contribution in [-0.4, -0.2) is 20.8 Å². The van der Waals surface area contributed by atoms with Crippen molar-refractivity contribution in [2.75, 3.05) is 20.8 Å². The second kappa shape index (κ2) is 6.98. The number of hydrogen-bond donors (Lipinski definition) is 1. The zero-order valence-electron chi connectivity index (χ0n) is 12.9. The van der Waals surface area contributed by atoms with Gasteiger partial charge in [-0.1, -0.05) is 25.8 Å². The summed E-state index contributed by atoms with van der Waals surface area (Å²) < 4.78 is 10.8. The predicted molar refractivity (Wildman–Crippen MR) is 82.5 cm³/mol. The maximum absolute atomic E-state index is 6.09. The minimum Gasteiger partial charge on any atom is -0.497 e. The van der Waals surface area contributed by atoms with Crippen LogP contribution in [0.1, 0.15) is 44.1 Å². The lowest BCUT2D eigenvalue weighted by atomic mass is 9.73. The van der Waals surface area contributed by atoms with Crippen LogP contribution in [0.3, 0.4) is 0 Å². The van der Waals surface area contributed by atoms with Gasteiger partial charge in [-0.2, -0.15) is 0 Å². The second-order valence-electron chi connectivity index (χ2n) is 5.98. The quantitative estimate of drug-likeness (QED) is 0.894. The van der Waals surface area contributed by atoms with Crippen LogP contribution < -0.4 is 15.2 Å². The number of methoxy groups -OCH3 is 2. The minimum absolute atomic E-state index is 0.388. The molecule has 1 fully saturated rings. The molecule has 1 aromatic rings. The molecule has 2 N–H and O–H groups in total. The maximum Gasteiger partial charge on any atom is 0.126 e. The van der Waals surface area contributed by atoms with Gasteiger partial charge in [-0.05, 0) is 42.9 Å². The molecule has 3 atom stereocenters. The number of hydrogen-bond acceptors (Lipinski definition) is 3. The maximum atomic E-state index is 6.09. The van der Waals surface area contributed by atoms with Crippen LogP contribution in [0.15, 0.2) is 18.2 Å². The highest BCUT2D eigenvalue weighted by molar-refractivity contribution is 5.43. The molecule has 112 valence electrons. The Kier molecular flexibility index (Phi) is 5.30. The SMILES string of the molecule is COc1ccc(C(CN)C2CCCC(C)C2)c(OC)c1. The van der Waals surface area contributed by atoms with Crippen molar-refractivity contribution in [1.82, 2.24) is 0 Å². The number of ether oxygens (including phenoxy) is 2. The highest BCUT2D eigenvalue weighted by Gasteiger charge is 2.28. The molecular weight excluding hydrogens is 250 g/mol. The van der Waals surface area contributed by atoms with Crippen molar-refractivity contribution in [3.8, 4) is 11.5 Å². The van der Waals surface area contributed by atoms with Crippen molar-refractivity contribution in [3.63, 3.8) is 0 Å². The van der Waals surface area contributed by atoms with Crippen molar-refractivity contribution in [1.29, 1.82) is 0 Å². The summed E-state index contributed by atoms with van der Waals surface area (Å²) in [6, 6.07) is 6.09. The zero-order chi connectivity index (χ0) is 14.5. The Hall–Kier alpha value is -1.22. The van der Waals surface area contributed by atoms with Crippen molar-refractivity contribution >= 4 is 0 Å². The Bertz CT molecular complexity index is 433. The molecule has 1 aromatic carbocycles. The molecule has 1 saturated carbocycles. The lowest BCUT2D eigenvalue weighted by Gasteiger charge is -2.33. The van der Waals surface area contributed by atoms with Crippen LogP contribution >= 0.6 is 0 Å².